The maximum atomic E-state index is 11.9. The normalized spacial score (nSPS) is 10.1. The number of anilines is 1. The third-order valence-corrected chi connectivity index (χ3v) is 3.85. The Bertz CT molecular complexity index is 670. The summed E-state index contributed by atoms with van der Waals surface area (Å²) in [6.45, 7) is 1.95. The second-order valence-corrected chi connectivity index (χ2v) is 5.52. The van der Waals surface area contributed by atoms with Crippen molar-refractivity contribution in [3.05, 3.63) is 59.7 Å². The van der Waals surface area contributed by atoms with E-state index in [9.17, 15) is 9.59 Å². The fourth-order valence-corrected chi connectivity index (χ4v) is 2.68. The molecule has 0 saturated heterocycles. The van der Waals surface area contributed by atoms with Crippen molar-refractivity contribution in [1.82, 2.24) is 0 Å². The summed E-state index contributed by atoms with van der Waals surface area (Å²) in [5.74, 6) is -0.985. The summed E-state index contributed by atoms with van der Waals surface area (Å²) in [6.07, 6.45) is 0. The average Bonchev–Trinajstić information content (AvgIpc) is 2.45. The van der Waals surface area contributed by atoms with Crippen molar-refractivity contribution in [2.75, 3.05) is 11.1 Å². The van der Waals surface area contributed by atoms with Crippen LogP contribution in [0.2, 0.25) is 0 Å². The van der Waals surface area contributed by atoms with Gasteiger partial charge in [-0.25, -0.2) is 4.79 Å². The number of aryl methyl sites for hydroxylation is 1. The molecule has 0 spiro atoms. The first-order valence-corrected chi connectivity index (χ1v) is 7.36. The van der Waals surface area contributed by atoms with Crippen molar-refractivity contribution >= 4 is 29.3 Å². The minimum Gasteiger partial charge on any atom is -0.478 e. The van der Waals surface area contributed by atoms with Gasteiger partial charge >= 0.3 is 5.97 Å². The van der Waals surface area contributed by atoms with Crippen LogP contribution in [0.15, 0.2) is 53.4 Å². The van der Waals surface area contributed by atoms with Crippen LogP contribution in [0.25, 0.3) is 0 Å². The summed E-state index contributed by atoms with van der Waals surface area (Å²) in [7, 11) is 0. The van der Waals surface area contributed by atoms with Crippen LogP contribution in [0.4, 0.5) is 5.69 Å². The minimum absolute atomic E-state index is 0.161. The van der Waals surface area contributed by atoms with Crippen molar-refractivity contribution in [2.24, 2.45) is 0 Å². The molecular formula is C16H15NO3S. The highest BCUT2D eigenvalue weighted by atomic mass is 32.2. The Kier molecular flexibility index (Phi) is 5.00. The first-order valence-electron chi connectivity index (χ1n) is 6.38. The molecule has 2 N–H and O–H groups in total. The molecule has 0 heterocycles. The van der Waals surface area contributed by atoms with Gasteiger partial charge in [0.05, 0.1) is 11.3 Å². The molecule has 0 unspecified atom stereocenters. The van der Waals surface area contributed by atoms with Gasteiger partial charge in [0.1, 0.15) is 0 Å². The number of aromatic carboxylic acids is 1. The van der Waals surface area contributed by atoms with Gasteiger partial charge in [-0.2, -0.15) is 0 Å². The Balaban J connectivity index is 1.97. The lowest BCUT2D eigenvalue weighted by Crippen LogP contribution is -2.14. The van der Waals surface area contributed by atoms with Crippen LogP contribution in [0, 0.1) is 6.92 Å². The Hall–Kier alpha value is -2.27. The quantitative estimate of drug-likeness (QED) is 0.830. The molecule has 0 aliphatic carbocycles. The van der Waals surface area contributed by atoms with Gasteiger partial charge in [-0.3, -0.25) is 4.79 Å². The minimum atomic E-state index is -0.989. The van der Waals surface area contributed by atoms with Crippen LogP contribution >= 0.6 is 11.8 Å². The number of carboxylic acid groups (broad SMARTS) is 1. The summed E-state index contributed by atoms with van der Waals surface area (Å²) < 4.78 is 0. The summed E-state index contributed by atoms with van der Waals surface area (Å²) in [6, 6.07) is 14.2. The number of rotatable bonds is 5. The highest BCUT2D eigenvalue weighted by Crippen LogP contribution is 2.23. The van der Waals surface area contributed by atoms with E-state index in [0.29, 0.717) is 4.90 Å². The first-order chi connectivity index (χ1) is 10.1. The van der Waals surface area contributed by atoms with Crippen molar-refractivity contribution in [3.8, 4) is 0 Å². The number of benzene rings is 2. The fraction of sp³-hybridized carbons (Fsp3) is 0.125. The van der Waals surface area contributed by atoms with Crippen LogP contribution < -0.4 is 5.32 Å². The number of thioether (sulfide) groups is 1. The van der Waals surface area contributed by atoms with Gasteiger partial charge in [0, 0.05) is 10.6 Å². The summed E-state index contributed by atoms with van der Waals surface area (Å²) >= 11 is 1.21. The second kappa shape index (κ2) is 6.95. The van der Waals surface area contributed by atoms with Gasteiger partial charge < -0.3 is 10.4 Å². The molecule has 2 aromatic rings. The number of carbonyl (C=O) groups is 2. The van der Waals surface area contributed by atoms with E-state index in [-0.39, 0.29) is 17.2 Å². The molecule has 0 aromatic heterocycles. The van der Waals surface area contributed by atoms with E-state index in [0.717, 1.165) is 11.3 Å². The van der Waals surface area contributed by atoms with Crippen LogP contribution in [-0.2, 0) is 4.79 Å². The molecule has 0 bridgehead atoms. The molecule has 0 aliphatic heterocycles. The van der Waals surface area contributed by atoms with E-state index in [1.54, 1.807) is 18.2 Å². The van der Waals surface area contributed by atoms with Crippen molar-refractivity contribution in [2.45, 2.75) is 11.8 Å². The molecule has 0 atom stereocenters. The predicted molar refractivity (Wildman–Crippen MR) is 83.9 cm³/mol. The Morgan fingerprint density at radius 1 is 1.14 bits per heavy atom. The van der Waals surface area contributed by atoms with E-state index in [1.807, 2.05) is 31.2 Å². The maximum Gasteiger partial charge on any atom is 0.336 e. The lowest BCUT2D eigenvalue weighted by Gasteiger charge is -2.07. The highest BCUT2D eigenvalue weighted by Gasteiger charge is 2.11. The van der Waals surface area contributed by atoms with Gasteiger partial charge in [-0.05, 0) is 36.8 Å². The number of hydrogen-bond donors (Lipinski definition) is 2. The first kappa shape index (κ1) is 15.1. The predicted octanol–water partition coefficient (Wildman–Crippen LogP) is 3.42. The number of amides is 1. The molecule has 21 heavy (non-hydrogen) atoms. The van der Waals surface area contributed by atoms with Crippen molar-refractivity contribution < 1.29 is 14.7 Å². The maximum absolute atomic E-state index is 11.9. The Morgan fingerprint density at radius 2 is 1.90 bits per heavy atom. The van der Waals surface area contributed by atoms with Crippen molar-refractivity contribution in [1.29, 1.82) is 0 Å². The molecular weight excluding hydrogens is 286 g/mol. The van der Waals surface area contributed by atoms with Crippen molar-refractivity contribution in [3.63, 3.8) is 0 Å². The largest absolute Gasteiger partial charge is 0.478 e. The lowest BCUT2D eigenvalue weighted by atomic mass is 10.2. The lowest BCUT2D eigenvalue weighted by molar-refractivity contribution is -0.113. The second-order valence-electron chi connectivity index (χ2n) is 4.51. The van der Waals surface area contributed by atoms with E-state index < -0.39 is 5.97 Å². The van der Waals surface area contributed by atoms with E-state index in [4.69, 9.17) is 5.11 Å². The van der Waals surface area contributed by atoms with Crippen LogP contribution in [0.3, 0.4) is 0 Å². The number of carbonyl (C=O) groups excluding carboxylic acids is 1. The van der Waals surface area contributed by atoms with Gasteiger partial charge in [-0.15, -0.1) is 11.8 Å². The van der Waals surface area contributed by atoms with Gasteiger partial charge in [0.15, 0.2) is 0 Å². The molecule has 5 heteroatoms. The van der Waals surface area contributed by atoms with Gasteiger partial charge in [-0.1, -0.05) is 24.3 Å². The molecule has 108 valence electrons. The highest BCUT2D eigenvalue weighted by molar-refractivity contribution is 8.00. The Morgan fingerprint density at radius 3 is 2.62 bits per heavy atom. The van der Waals surface area contributed by atoms with E-state index in [2.05, 4.69) is 5.32 Å². The van der Waals surface area contributed by atoms with E-state index >= 15 is 0 Å². The zero-order valence-electron chi connectivity index (χ0n) is 11.5. The SMILES string of the molecule is Cc1cccc(NC(=O)CSc2ccccc2C(=O)O)c1. The molecule has 1 amide bonds. The summed E-state index contributed by atoms with van der Waals surface area (Å²) in [5.41, 5.74) is 2.02. The standard InChI is InChI=1S/C16H15NO3S/c1-11-5-4-6-12(9-11)17-15(18)10-21-14-8-3-2-7-13(14)16(19)20/h2-9H,10H2,1H3,(H,17,18)(H,19,20). The smallest absolute Gasteiger partial charge is 0.336 e. The summed E-state index contributed by atoms with van der Waals surface area (Å²) in [4.78, 5) is 23.6. The van der Waals surface area contributed by atoms with Gasteiger partial charge in [0.25, 0.3) is 0 Å². The monoisotopic (exact) mass is 301 g/mol. The summed E-state index contributed by atoms with van der Waals surface area (Å²) in [5, 5.41) is 11.9. The molecule has 0 fully saturated rings. The third kappa shape index (κ3) is 4.36. The topological polar surface area (TPSA) is 66.4 Å². The molecule has 4 nitrogen and oxygen atoms in total. The van der Waals surface area contributed by atoms with Gasteiger partial charge in [0.2, 0.25) is 5.91 Å². The number of carboxylic acids is 1. The molecule has 0 saturated carbocycles. The third-order valence-electron chi connectivity index (χ3n) is 2.78. The van der Waals surface area contributed by atoms with Crippen LogP contribution in [0.1, 0.15) is 15.9 Å². The van der Waals surface area contributed by atoms with Crippen LogP contribution in [0.5, 0.6) is 0 Å². The molecule has 2 aromatic carbocycles. The molecule has 0 aliphatic rings. The zero-order chi connectivity index (χ0) is 15.2. The number of nitrogens with one attached hydrogen (secondary N) is 1. The molecule has 2 rings (SSSR count). The van der Waals surface area contributed by atoms with E-state index in [1.165, 1.54) is 17.8 Å². The zero-order valence-corrected chi connectivity index (χ0v) is 12.3. The average molecular weight is 301 g/mol. The molecule has 0 radical (unpaired) electrons. The fourth-order valence-electron chi connectivity index (χ4n) is 1.83. The van der Waals surface area contributed by atoms with Crippen LogP contribution in [-0.4, -0.2) is 22.7 Å². The number of hydrogen-bond acceptors (Lipinski definition) is 3. The Labute approximate surface area is 127 Å².